The molecule has 242 valence electrons. The zero-order valence-corrected chi connectivity index (χ0v) is 27.3. The number of urea groups is 1. The summed E-state index contributed by atoms with van der Waals surface area (Å²) in [6.45, 7) is 9.68. The van der Waals surface area contributed by atoms with Gasteiger partial charge >= 0.3 is 6.03 Å². The highest BCUT2D eigenvalue weighted by molar-refractivity contribution is 6.05. The maximum atomic E-state index is 13.8. The SMILES string of the molecule is CCN1CCN(c2ccc(Nc3ncc4c(n3)N(C)C(=O)N(c3cc(-c5ncc(C6=C(OC)C=CCC6)[nH]5)ccc3C)C4)cn2)CC1. The van der Waals surface area contributed by atoms with E-state index in [4.69, 9.17) is 9.72 Å². The molecule has 0 bridgehead atoms. The Hall–Kier alpha value is -5.23. The second-order valence-corrected chi connectivity index (χ2v) is 12.1. The van der Waals surface area contributed by atoms with Crippen molar-refractivity contribution in [3.63, 3.8) is 0 Å². The van der Waals surface area contributed by atoms with Crippen LogP contribution in [-0.2, 0) is 11.3 Å². The van der Waals surface area contributed by atoms with Crippen molar-refractivity contribution in [1.82, 2.24) is 29.8 Å². The summed E-state index contributed by atoms with van der Waals surface area (Å²) in [5.74, 6) is 3.54. The molecule has 4 aromatic rings. The van der Waals surface area contributed by atoms with Crippen LogP contribution in [0.1, 0.15) is 36.6 Å². The number of imidazole rings is 1. The molecule has 0 saturated carbocycles. The Morgan fingerprint density at radius 2 is 1.87 bits per heavy atom. The number of H-pyrrole nitrogens is 1. The van der Waals surface area contributed by atoms with Crippen LogP contribution in [0.25, 0.3) is 17.0 Å². The lowest BCUT2D eigenvalue weighted by atomic mass is 10.0. The second-order valence-electron chi connectivity index (χ2n) is 12.1. The Kier molecular flexibility index (Phi) is 8.33. The molecule has 5 heterocycles. The third-order valence-corrected chi connectivity index (χ3v) is 9.18. The first-order valence-corrected chi connectivity index (χ1v) is 16.1. The molecule has 0 atom stereocenters. The van der Waals surface area contributed by atoms with Crippen LogP contribution >= 0.6 is 0 Å². The lowest BCUT2D eigenvalue weighted by Crippen LogP contribution is -2.46. The van der Waals surface area contributed by atoms with Gasteiger partial charge in [-0.25, -0.2) is 19.7 Å². The van der Waals surface area contributed by atoms with E-state index < -0.39 is 0 Å². The smallest absolute Gasteiger partial charge is 0.330 e. The number of hydrogen-bond donors (Lipinski definition) is 2. The molecule has 12 heteroatoms. The first-order valence-electron chi connectivity index (χ1n) is 16.1. The Morgan fingerprint density at radius 1 is 1.02 bits per heavy atom. The Labute approximate surface area is 274 Å². The summed E-state index contributed by atoms with van der Waals surface area (Å²) in [7, 11) is 3.43. The maximum Gasteiger partial charge on any atom is 0.330 e. The summed E-state index contributed by atoms with van der Waals surface area (Å²) in [6, 6.07) is 9.91. The molecule has 47 heavy (non-hydrogen) atoms. The van der Waals surface area contributed by atoms with Crippen molar-refractivity contribution in [2.75, 3.05) is 66.9 Å². The summed E-state index contributed by atoms with van der Waals surface area (Å²) < 4.78 is 5.58. The highest BCUT2D eigenvalue weighted by Crippen LogP contribution is 2.35. The molecular weight excluding hydrogens is 592 g/mol. The number of aryl methyl sites for hydroxylation is 1. The van der Waals surface area contributed by atoms with Gasteiger partial charge in [-0.3, -0.25) is 9.80 Å². The van der Waals surface area contributed by atoms with Gasteiger partial charge in [0.05, 0.1) is 37.4 Å². The topological polar surface area (TPSA) is 119 Å². The summed E-state index contributed by atoms with van der Waals surface area (Å²) >= 11 is 0. The number of pyridine rings is 1. The number of likely N-dealkylation sites (N-methyl/N-ethyl adjacent to an activating group) is 1. The standard InChI is InChI=1S/C35H40N10O2/c1-5-43-14-16-44(17-15-43)31-13-12-26(20-36-31)39-34-38-19-25-22-45(35(46)42(3)33(25)41-34)29-18-24(11-10-23(29)2)32-37-21-28(40-32)27-8-6-7-9-30(27)47-4/h7,9-13,18-21H,5-6,8,14-17,22H2,1-4H3,(H,37,40)(H,38,39,41). The summed E-state index contributed by atoms with van der Waals surface area (Å²) in [5, 5.41) is 3.26. The molecule has 2 aliphatic heterocycles. The molecule has 7 rings (SSSR count). The number of aromatic nitrogens is 5. The number of aromatic amines is 1. The van der Waals surface area contributed by atoms with Crippen molar-refractivity contribution < 1.29 is 9.53 Å². The van der Waals surface area contributed by atoms with Crippen molar-refractivity contribution in [3.8, 4) is 11.4 Å². The van der Waals surface area contributed by atoms with E-state index in [-0.39, 0.29) is 6.03 Å². The number of amides is 2. The summed E-state index contributed by atoms with van der Waals surface area (Å²) in [5.41, 5.74) is 6.36. The van der Waals surface area contributed by atoms with E-state index in [0.717, 1.165) is 102 Å². The quantitative estimate of drug-likeness (QED) is 0.251. The number of rotatable bonds is 8. The van der Waals surface area contributed by atoms with Crippen LogP contribution < -0.4 is 20.0 Å². The number of ether oxygens (including phenoxy) is 1. The molecule has 0 spiro atoms. The van der Waals surface area contributed by atoms with Gasteiger partial charge in [0.1, 0.15) is 23.2 Å². The first-order chi connectivity index (χ1) is 22.9. The van der Waals surface area contributed by atoms with Crippen LogP contribution in [0.15, 0.2) is 66.8 Å². The molecule has 3 aliphatic rings. The number of nitrogens with zero attached hydrogens (tertiary/aromatic N) is 8. The van der Waals surface area contributed by atoms with Gasteiger partial charge in [0.25, 0.3) is 0 Å². The molecule has 1 saturated heterocycles. The predicted octanol–water partition coefficient (Wildman–Crippen LogP) is 5.74. The van der Waals surface area contributed by atoms with Gasteiger partial charge in [-0.2, -0.15) is 4.98 Å². The van der Waals surface area contributed by atoms with E-state index in [1.54, 1.807) is 36.4 Å². The number of piperazine rings is 1. The Balaban J connectivity index is 1.08. The number of nitrogens with one attached hydrogen (secondary N) is 2. The lowest BCUT2D eigenvalue weighted by Gasteiger charge is -2.35. The first kappa shape index (κ1) is 30.4. The number of carbonyl (C=O) groups is 1. The largest absolute Gasteiger partial charge is 0.496 e. The number of hydrogen-bond acceptors (Lipinski definition) is 9. The fourth-order valence-electron chi connectivity index (χ4n) is 6.40. The lowest BCUT2D eigenvalue weighted by molar-refractivity contribution is 0.251. The second kappa shape index (κ2) is 12.9. The number of methoxy groups -OCH3 is 1. The van der Waals surface area contributed by atoms with Crippen LogP contribution in [0.2, 0.25) is 0 Å². The number of allylic oxidation sites excluding steroid dienone is 3. The zero-order valence-electron chi connectivity index (χ0n) is 27.3. The fraction of sp³-hybridized carbons (Fsp3) is 0.343. The molecule has 0 radical (unpaired) electrons. The fourth-order valence-corrected chi connectivity index (χ4v) is 6.40. The van der Waals surface area contributed by atoms with Gasteiger partial charge in [0.15, 0.2) is 0 Å². The summed E-state index contributed by atoms with van der Waals surface area (Å²) in [6.07, 6.45) is 11.4. The van der Waals surface area contributed by atoms with E-state index in [2.05, 4.69) is 48.1 Å². The van der Waals surface area contributed by atoms with Crippen LogP contribution in [0.3, 0.4) is 0 Å². The third kappa shape index (κ3) is 6.03. The van der Waals surface area contributed by atoms with Crippen LogP contribution in [0.4, 0.5) is 33.8 Å². The molecule has 12 nitrogen and oxygen atoms in total. The minimum atomic E-state index is -0.166. The minimum Gasteiger partial charge on any atom is -0.496 e. The van der Waals surface area contributed by atoms with Crippen LogP contribution in [0, 0.1) is 6.92 Å². The Morgan fingerprint density at radius 3 is 2.64 bits per heavy atom. The maximum absolute atomic E-state index is 13.8. The number of fused-ring (bicyclic) bond motifs is 1. The van der Waals surface area contributed by atoms with Crippen molar-refractivity contribution in [2.45, 2.75) is 33.2 Å². The van der Waals surface area contributed by atoms with Crippen molar-refractivity contribution in [1.29, 1.82) is 0 Å². The average molecular weight is 633 g/mol. The highest BCUT2D eigenvalue weighted by atomic mass is 16.5. The van der Waals surface area contributed by atoms with Gasteiger partial charge in [-0.1, -0.05) is 25.1 Å². The van der Waals surface area contributed by atoms with E-state index in [1.807, 2.05) is 49.5 Å². The van der Waals surface area contributed by atoms with Gasteiger partial charge in [-0.05, 0) is 56.1 Å². The van der Waals surface area contributed by atoms with Gasteiger partial charge in [0, 0.05) is 61.8 Å². The number of benzene rings is 1. The highest BCUT2D eigenvalue weighted by Gasteiger charge is 2.32. The molecule has 1 aromatic carbocycles. The molecule has 1 aliphatic carbocycles. The van der Waals surface area contributed by atoms with E-state index in [0.29, 0.717) is 18.3 Å². The van der Waals surface area contributed by atoms with Crippen molar-refractivity contribution in [2.24, 2.45) is 0 Å². The van der Waals surface area contributed by atoms with Crippen molar-refractivity contribution in [3.05, 3.63) is 83.7 Å². The molecule has 2 N–H and O–H groups in total. The van der Waals surface area contributed by atoms with Crippen LogP contribution in [-0.4, -0.2) is 82.7 Å². The number of anilines is 5. The van der Waals surface area contributed by atoms with E-state index >= 15 is 0 Å². The number of carbonyl (C=O) groups excluding carboxylic acids is 1. The molecule has 0 unspecified atom stereocenters. The monoisotopic (exact) mass is 632 g/mol. The average Bonchev–Trinajstić information content (AvgIpc) is 3.61. The van der Waals surface area contributed by atoms with E-state index in [9.17, 15) is 4.79 Å². The van der Waals surface area contributed by atoms with Crippen molar-refractivity contribution >= 4 is 40.6 Å². The van der Waals surface area contributed by atoms with Gasteiger partial charge in [0.2, 0.25) is 5.95 Å². The zero-order chi connectivity index (χ0) is 32.5. The van der Waals surface area contributed by atoms with E-state index in [1.165, 1.54) is 0 Å². The van der Waals surface area contributed by atoms with Gasteiger partial charge in [-0.15, -0.1) is 0 Å². The van der Waals surface area contributed by atoms with Crippen LogP contribution in [0.5, 0.6) is 0 Å². The summed E-state index contributed by atoms with van der Waals surface area (Å²) in [4.78, 5) is 44.0. The molecule has 2 amide bonds. The molecule has 3 aromatic heterocycles. The normalized spacial score (nSPS) is 16.9. The molecule has 1 fully saturated rings. The predicted molar refractivity (Wildman–Crippen MR) is 185 cm³/mol. The third-order valence-electron chi connectivity index (χ3n) is 9.18. The Bertz CT molecular complexity index is 1840. The minimum absolute atomic E-state index is 0.166. The molecular formula is C35H40N10O2. The van der Waals surface area contributed by atoms with Gasteiger partial charge < -0.3 is 24.8 Å².